The van der Waals surface area contributed by atoms with E-state index < -0.39 is 0 Å². The van der Waals surface area contributed by atoms with E-state index in [1.165, 1.54) is 5.56 Å². The number of hydrogen-bond donors (Lipinski definition) is 2. The van der Waals surface area contributed by atoms with Crippen molar-refractivity contribution >= 4 is 6.03 Å². The summed E-state index contributed by atoms with van der Waals surface area (Å²) in [5.74, 6) is 0. The minimum Gasteiger partial charge on any atom is -0.393 e. The Balaban J connectivity index is 2.47. The van der Waals surface area contributed by atoms with Crippen molar-refractivity contribution in [3.63, 3.8) is 0 Å². The van der Waals surface area contributed by atoms with Crippen LogP contribution in [0.3, 0.4) is 0 Å². The van der Waals surface area contributed by atoms with E-state index in [2.05, 4.69) is 36.5 Å². The van der Waals surface area contributed by atoms with Crippen LogP contribution in [0.15, 0.2) is 24.3 Å². The first-order chi connectivity index (χ1) is 10.2. The fourth-order valence-electron chi connectivity index (χ4n) is 2.55. The number of aliphatic hydroxyl groups excluding tert-OH is 1. The molecule has 124 valence electrons. The maximum Gasteiger partial charge on any atom is 0.317 e. The Morgan fingerprint density at radius 1 is 1.27 bits per heavy atom. The minimum absolute atomic E-state index is 0.0850. The number of carbonyl (C=O) groups excluding carboxylic acids is 1. The molecule has 0 aliphatic heterocycles. The highest BCUT2D eigenvalue weighted by molar-refractivity contribution is 5.73. The molecule has 1 aromatic rings. The number of carbonyl (C=O) groups is 1. The Bertz CT molecular complexity index is 466. The van der Waals surface area contributed by atoms with Gasteiger partial charge in [-0.3, -0.25) is 0 Å². The van der Waals surface area contributed by atoms with Crippen LogP contribution in [0.25, 0.3) is 0 Å². The molecule has 22 heavy (non-hydrogen) atoms. The summed E-state index contributed by atoms with van der Waals surface area (Å²) >= 11 is 0. The third kappa shape index (κ3) is 6.48. The van der Waals surface area contributed by atoms with Crippen molar-refractivity contribution < 1.29 is 9.90 Å². The van der Waals surface area contributed by atoms with Crippen LogP contribution in [0.4, 0.5) is 4.79 Å². The molecular formula is C18H30N2O2. The summed E-state index contributed by atoms with van der Waals surface area (Å²) in [6.07, 6.45) is 1.33. The van der Waals surface area contributed by atoms with Crippen LogP contribution in [0, 0.1) is 5.41 Å². The van der Waals surface area contributed by atoms with Gasteiger partial charge in [0, 0.05) is 20.1 Å². The van der Waals surface area contributed by atoms with Gasteiger partial charge in [-0.05, 0) is 36.3 Å². The Labute approximate surface area is 134 Å². The second-order valence-corrected chi connectivity index (χ2v) is 6.90. The zero-order valence-corrected chi connectivity index (χ0v) is 14.5. The molecule has 2 N–H and O–H groups in total. The summed E-state index contributed by atoms with van der Waals surface area (Å²) in [6, 6.07) is 8.26. The number of benzene rings is 1. The van der Waals surface area contributed by atoms with Gasteiger partial charge in [-0.15, -0.1) is 0 Å². The topological polar surface area (TPSA) is 52.6 Å². The maximum atomic E-state index is 12.2. The molecule has 1 aromatic carbocycles. The van der Waals surface area contributed by atoms with Crippen LogP contribution in [-0.2, 0) is 13.0 Å². The van der Waals surface area contributed by atoms with Gasteiger partial charge < -0.3 is 15.3 Å². The minimum atomic E-state index is -0.360. The van der Waals surface area contributed by atoms with Crippen molar-refractivity contribution in [3.8, 4) is 0 Å². The molecule has 1 rings (SSSR count). The van der Waals surface area contributed by atoms with Gasteiger partial charge in [-0.2, -0.15) is 0 Å². The van der Waals surface area contributed by atoms with Crippen LogP contribution >= 0.6 is 0 Å². The Hall–Kier alpha value is -1.55. The van der Waals surface area contributed by atoms with Crippen LogP contribution in [-0.4, -0.2) is 35.7 Å². The average Bonchev–Trinajstić information content (AvgIpc) is 2.44. The number of amides is 2. The molecule has 4 heteroatoms. The highest BCUT2D eigenvalue weighted by atomic mass is 16.3. The summed E-state index contributed by atoms with van der Waals surface area (Å²) in [4.78, 5) is 13.8. The van der Waals surface area contributed by atoms with Crippen LogP contribution in [0.5, 0.6) is 0 Å². The molecule has 2 amide bonds. The van der Waals surface area contributed by atoms with E-state index in [-0.39, 0.29) is 17.6 Å². The molecule has 0 radical (unpaired) electrons. The molecule has 0 aliphatic rings. The summed E-state index contributed by atoms with van der Waals surface area (Å²) < 4.78 is 0. The molecule has 0 fully saturated rings. The van der Waals surface area contributed by atoms with Crippen LogP contribution in [0.1, 0.15) is 45.2 Å². The lowest BCUT2D eigenvalue weighted by atomic mass is 9.87. The average molecular weight is 306 g/mol. The van der Waals surface area contributed by atoms with E-state index >= 15 is 0 Å². The first-order valence-corrected chi connectivity index (χ1v) is 7.98. The van der Waals surface area contributed by atoms with Gasteiger partial charge in [0.1, 0.15) is 0 Å². The predicted molar refractivity (Wildman–Crippen MR) is 90.8 cm³/mol. The standard InChI is InChI=1S/C18H30N2O2/c1-6-15-7-9-16(10-8-15)12-20(5)17(22)19-13-18(3,4)11-14(2)21/h7-10,14,21H,6,11-13H2,1-5H3,(H,19,22). The molecule has 4 nitrogen and oxygen atoms in total. The van der Waals surface area contributed by atoms with E-state index in [4.69, 9.17) is 0 Å². The quantitative estimate of drug-likeness (QED) is 0.813. The van der Waals surface area contributed by atoms with Gasteiger partial charge in [-0.25, -0.2) is 4.79 Å². The second-order valence-electron chi connectivity index (χ2n) is 6.90. The summed E-state index contributed by atoms with van der Waals surface area (Å²) in [6.45, 7) is 9.13. The van der Waals surface area contributed by atoms with Gasteiger partial charge in [0.2, 0.25) is 0 Å². The smallest absolute Gasteiger partial charge is 0.317 e. The molecule has 0 bridgehead atoms. The predicted octanol–water partition coefficient (Wildman–Crippen LogP) is 3.19. The number of urea groups is 1. The molecule has 0 saturated carbocycles. The second kappa shape index (κ2) is 8.18. The number of nitrogens with zero attached hydrogens (tertiary/aromatic N) is 1. The molecule has 0 aliphatic carbocycles. The van der Waals surface area contributed by atoms with Crippen molar-refractivity contribution in [1.29, 1.82) is 0 Å². The monoisotopic (exact) mass is 306 g/mol. The van der Waals surface area contributed by atoms with E-state index in [9.17, 15) is 9.90 Å². The number of aryl methyl sites for hydroxylation is 1. The highest BCUT2D eigenvalue weighted by Gasteiger charge is 2.21. The normalized spacial score (nSPS) is 12.8. The lowest BCUT2D eigenvalue weighted by Crippen LogP contribution is -2.42. The van der Waals surface area contributed by atoms with Gasteiger partial charge in [0.05, 0.1) is 6.10 Å². The molecule has 0 spiro atoms. The summed E-state index contributed by atoms with van der Waals surface area (Å²) in [5, 5.41) is 12.4. The Kier molecular flexibility index (Phi) is 6.88. The number of hydrogen-bond acceptors (Lipinski definition) is 2. The zero-order valence-electron chi connectivity index (χ0n) is 14.5. The third-order valence-electron chi connectivity index (χ3n) is 3.76. The summed E-state index contributed by atoms with van der Waals surface area (Å²) in [7, 11) is 1.80. The number of aliphatic hydroxyl groups is 1. The fraction of sp³-hybridized carbons (Fsp3) is 0.611. The van der Waals surface area contributed by atoms with E-state index in [0.717, 1.165) is 12.0 Å². The van der Waals surface area contributed by atoms with Crippen LogP contribution in [0.2, 0.25) is 0 Å². The van der Waals surface area contributed by atoms with Gasteiger partial charge in [-0.1, -0.05) is 45.0 Å². The number of nitrogens with one attached hydrogen (secondary N) is 1. The van der Waals surface area contributed by atoms with Crippen molar-refractivity contribution in [1.82, 2.24) is 10.2 Å². The molecule has 0 aromatic heterocycles. The maximum absolute atomic E-state index is 12.2. The molecule has 1 unspecified atom stereocenters. The van der Waals surface area contributed by atoms with E-state index in [0.29, 0.717) is 19.5 Å². The lowest BCUT2D eigenvalue weighted by Gasteiger charge is -2.28. The summed E-state index contributed by atoms with van der Waals surface area (Å²) in [5.41, 5.74) is 2.31. The Morgan fingerprint density at radius 3 is 2.32 bits per heavy atom. The van der Waals surface area contributed by atoms with Gasteiger partial charge in [0.15, 0.2) is 0 Å². The van der Waals surface area contributed by atoms with Crippen molar-refractivity contribution in [2.75, 3.05) is 13.6 Å². The van der Waals surface area contributed by atoms with Crippen molar-refractivity contribution in [2.45, 2.75) is 53.2 Å². The first-order valence-electron chi connectivity index (χ1n) is 7.98. The van der Waals surface area contributed by atoms with Crippen LogP contribution < -0.4 is 5.32 Å². The van der Waals surface area contributed by atoms with E-state index in [1.807, 2.05) is 13.8 Å². The van der Waals surface area contributed by atoms with Gasteiger partial charge >= 0.3 is 6.03 Å². The third-order valence-corrected chi connectivity index (χ3v) is 3.76. The van der Waals surface area contributed by atoms with Gasteiger partial charge in [0.25, 0.3) is 0 Å². The SMILES string of the molecule is CCc1ccc(CN(C)C(=O)NCC(C)(C)CC(C)O)cc1. The van der Waals surface area contributed by atoms with Crippen molar-refractivity contribution in [3.05, 3.63) is 35.4 Å². The van der Waals surface area contributed by atoms with Crippen molar-refractivity contribution in [2.24, 2.45) is 5.41 Å². The molecule has 1 atom stereocenters. The molecular weight excluding hydrogens is 276 g/mol. The largest absolute Gasteiger partial charge is 0.393 e. The number of rotatable bonds is 7. The zero-order chi connectivity index (χ0) is 16.8. The van der Waals surface area contributed by atoms with E-state index in [1.54, 1.807) is 18.9 Å². The fourth-order valence-corrected chi connectivity index (χ4v) is 2.55. The molecule has 0 heterocycles. The lowest BCUT2D eigenvalue weighted by molar-refractivity contribution is 0.127. The molecule has 0 saturated heterocycles. The Morgan fingerprint density at radius 2 is 1.82 bits per heavy atom. The highest BCUT2D eigenvalue weighted by Crippen LogP contribution is 2.21. The first kappa shape index (κ1) is 18.5.